The van der Waals surface area contributed by atoms with Crippen molar-refractivity contribution in [1.29, 1.82) is 5.41 Å². The van der Waals surface area contributed by atoms with Gasteiger partial charge in [-0.05, 0) is 13.5 Å². The largest absolute Gasteiger partial charge is 0.387 e. The van der Waals surface area contributed by atoms with Gasteiger partial charge in [0.2, 0.25) is 0 Å². The molecule has 0 aromatic carbocycles. The standard InChI is InChI=1S/C13H22N6O/c1-3-10-8-13(20-17-10)16-11(14)9-12(15)19-6-4-18(2)5-7-19/h8,15H,3-7,9H2,1-2H3,(H2,14,16). The van der Waals surface area contributed by atoms with Gasteiger partial charge in [-0.25, -0.2) is 0 Å². The van der Waals surface area contributed by atoms with Crippen LogP contribution in [0.2, 0.25) is 0 Å². The lowest BCUT2D eigenvalue weighted by Gasteiger charge is -2.34. The van der Waals surface area contributed by atoms with E-state index in [1.165, 1.54) is 0 Å². The molecular weight excluding hydrogens is 256 g/mol. The van der Waals surface area contributed by atoms with Gasteiger partial charge in [0.15, 0.2) is 0 Å². The summed E-state index contributed by atoms with van der Waals surface area (Å²) in [6, 6.07) is 1.77. The van der Waals surface area contributed by atoms with Crippen molar-refractivity contribution in [3.63, 3.8) is 0 Å². The number of aliphatic imine (C=N–C) groups is 1. The van der Waals surface area contributed by atoms with Crippen molar-refractivity contribution in [2.45, 2.75) is 19.8 Å². The summed E-state index contributed by atoms with van der Waals surface area (Å²) in [5.74, 6) is 1.30. The summed E-state index contributed by atoms with van der Waals surface area (Å²) in [5.41, 5.74) is 6.73. The average Bonchev–Trinajstić information content (AvgIpc) is 2.86. The monoisotopic (exact) mass is 278 g/mol. The van der Waals surface area contributed by atoms with Crippen LogP contribution >= 0.6 is 0 Å². The van der Waals surface area contributed by atoms with Gasteiger partial charge in [-0.1, -0.05) is 12.1 Å². The molecule has 1 aliphatic heterocycles. The molecule has 0 radical (unpaired) electrons. The van der Waals surface area contributed by atoms with Gasteiger partial charge < -0.3 is 20.1 Å². The topological polar surface area (TPSA) is 94.7 Å². The van der Waals surface area contributed by atoms with Crippen LogP contribution in [0.4, 0.5) is 5.88 Å². The van der Waals surface area contributed by atoms with Gasteiger partial charge in [0.1, 0.15) is 11.7 Å². The molecule has 0 atom stereocenters. The number of rotatable bonds is 4. The van der Waals surface area contributed by atoms with Gasteiger partial charge in [-0.3, -0.25) is 5.41 Å². The highest BCUT2D eigenvalue weighted by Crippen LogP contribution is 2.14. The number of likely N-dealkylation sites (N-methyl/N-ethyl adjacent to an activating group) is 1. The fraction of sp³-hybridized carbons (Fsp3) is 0.615. The number of piperazine rings is 1. The van der Waals surface area contributed by atoms with Crippen molar-refractivity contribution in [2.75, 3.05) is 33.2 Å². The molecule has 1 aromatic rings. The highest BCUT2D eigenvalue weighted by Gasteiger charge is 2.17. The zero-order valence-electron chi connectivity index (χ0n) is 12.1. The third kappa shape index (κ3) is 3.80. The maximum atomic E-state index is 8.09. The third-order valence-electron chi connectivity index (χ3n) is 3.40. The maximum absolute atomic E-state index is 8.09. The van der Waals surface area contributed by atoms with Gasteiger partial charge in [0, 0.05) is 32.2 Å². The van der Waals surface area contributed by atoms with Crippen molar-refractivity contribution >= 4 is 17.6 Å². The molecule has 0 unspecified atom stereocenters. The summed E-state index contributed by atoms with van der Waals surface area (Å²) in [6.07, 6.45) is 1.14. The molecule has 20 heavy (non-hydrogen) atoms. The van der Waals surface area contributed by atoms with Gasteiger partial charge in [0.05, 0.1) is 12.1 Å². The summed E-state index contributed by atoms with van der Waals surface area (Å²) >= 11 is 0. The Balaban J connectivity index is 1.90. The normalized spacial score (nSPS) is 17.5. The Hall–Kier alpha value is -1.89. The molecule has 1 fully saturated rings. The number of nitrogens with one attached hydrogen (secondary N) is 1. The first kappa shape index (κ1) is 14.5. The first-order chi connectivity index (χ1) is 9.58. The Morgan fingerprint density at radius 1 is 1.45 bits per heavy atom. The molecule has 1 saturated heterocycles. The van der Waals surface area contributed by atoms with Crippen LogP contribution in [-0.2, 0) is 6.42 Å². The molecule has 110 valence electrons. The lowest BCUT2D eigenvalue weighted by atomic mass is 10.2. The number of aromatic nitrogens is 1. The lowest BCUT2D eigenvalue weighted by Crippen LogP contribution is -2.47. The molecule has 0 bridgehead atoms. The van der Waals surface area contributed by atoms with Gasteiger partial charge in [-0.15, -0.1) is 0 Å². The number of nitrogens with zero attached hydrogens (tertiary/aromatic N) is 4. The van der Waals surface area contributed by atoms with Crippen LogP contribution in [0.3, 0.4) is 0 Å². The molecule has 1 aromatic heterocycles. The van der Waals surface area contributed by atoms with E-state index in [0.717, 1.165) is 38.3 Å². The lowest BCUT2D eigenvalue weighted by molar-refractivity contribution is 0.213. The SMILES string of the molecule is CCc1cc(N=C(N)CC(=N)N2CCN(C)CC2)on1. The van der Waals surface area contributed by atoms with Crippen LogP contribution in [0, 0.1) is 5.41 Å². The summed E-state index contributed by atoms with van der Waals surface area (Å²) in [5, 5.41) is 11.9. The minimum Gasteiger partial charge on any atom is -0.387 e. The van der Waals surface area contributed by atoms with Crippen molar-refractivity contribution < 1.29 is 4.52 Å². The highest BCUT2D eigenvalue weighted by atomic mass is 16.5. The molecule has 0 spiro atoms. The van der Waals surface area contributed by atoms with E-state index >= 15 is 0 Å². The molecule has 7 heteroatoms. The van der Waals surface area contributed by atoms with Gasteiger partial charge in [-0.2, -0.15) is 4.99 Å². The smallest absolute Gasteiger partial charge is 0.252 e. The fourth-order valence-corrected chi connectivity index (χ4v) is 2.06. The Labute approximate surface area is 118 Å². The van der Waals surface area contributed by atoms with Crippen LogP contribution in [0.25, 0.3) is 0 Å². The highest BCUT2D eigenvalue weighted by molar-refractivity contribution is 6.01. The number of nitrogens with two attached hydrogens (primary N) is 1. The zero-order valence-corrected chi connectivity index (χ0v) is 12.1. The molecule has 0 aliphatic carbocycles. The molecule has 0 amide bonds. The minimum absolute atomic E-state index is 0.339. The first-order valence-electron chi connectivity index (χ1n) is 6.88. The second-order valence-electron chi connectivity index (χ2n) is 5.03. The number of hydrogen-bond donors (Lipinski definition) is 2. The number of amidine groups is 2. The molecule has 2 rings (SSSR count). The summed E-state index contributed by atoms with van der Waals surface area (Å²) < 4.78 is 5.06. The van der Waals surface area contributed by atoms with E-state index < -0.39 is 0 Å². The van der Waals surface area contributed by atoms with E-state index in [0.29, 0.717) is 24.0 Å². The average molecular weight is 278 g/mol. The van der Waals surface area contributed by atoms with Crippen LogP contribution < -0.4 is 5.73 Å². The second-order valence-corrected chi connectivity index (χ2v) is 5.03. The van der Waals surface area contributed by atoms with Crippen LogP contribution in [-0.4, -0.2) is 59.9 Å². The Morgan fingerprint density at radius 2 is 2.15 bits per heavy atom. The molecule has 7 nitrogen and oxygen atoms in total. The maximum Gasteiger partial charge on any atom is 0.252 e. The molecule has 1 aliphatic rings. The Morgan fingerprint density at radius 3 is 2.75 bits per heavy atom. The number of aryl methyl sites for hydroxylation is 1. The zero-order chi connectivity index (χ0) is 14.5. The van der Waals surface area contributed by atoms with Crippen molar-refractivity contribution in [3.05, 3.63) is 11.8 Å². The first-order valence-corrected chi connectivity index (χ1v) is 6.88. The van der Waals surface area contributed by atoms with E-state index in [-0.39, 0.29) is 0 Å². The van der Waals surface area contributed by atoms with Gasteiger partial charge in [0.25, 0.3) is 5.88 Å². The van der Waals surface area contributed by atoms with Crippen molar-refractivity contribution in [2.24, 2.45) is 10.7 Å². The predicted octanol–water partition coefficient (Wildman–Crippen LogP) is 0.840. The Bertz CT molecular complexity index is 487. The quantitative estimate of drug-likeness (QED) is 0.628. The molecule has 2 heterocycles. The third-order valence-corrected chi connectivity index (χ3v) is 3.40. The van der Waals surface area contributed by atoms with E-state index in [1.54, 1.807) is 6.07 Å². The summed E-state index contributed by atoms with van der Waals surface area (Å²) in [7, 11) is 2.09. The summed E-state index contributed by atoms with van der Waals surface area (Å²) in [6.45, 7) is 5.68. The van der Waals surface area contributed by atoms with Crippen LogP contribution in [0.15, 0.2) is 15.6 Å². The molecule has 0 saturated carbocycles. The second kappa shape index (κ2) is 6.51. The predicted molar refractivity (Wildman–Crippen MR) is 78.6 cm³/mol. The van der Waals surface area contributed by atoms with Crippen molar-refractivity contribution in [1.82, 2.24) is 15.0 Å². The number of hydrogen-bond acceptors (Lipinski definition) is 5. The summed E-state index contributed by atoms with van der Waals surface area (Å²) in [4.78, 5) is 8.46. The van der Waals surface area contributed by atoms with E-state index in [9.17, 15) is 0 Å². The van der Waals surface area contributed by atoms with E-state index in [4.69, 9.17) is 15.7 Å². The van der Waals surface area contributed by atoms with E-state index in [2.05, 4.69) is 22.1 Å². The molecule has 3 N–H and O–H groups in total. The van der Waals surface area contributed by atoms with E-state index in [1.807, 2.05) is 11.8 Å². The van der Waals surface area contributed by atoms with Crippen molar-refractivity contribution in [3.8, 4) is 0 Å². The Kier molecular flexibility index (Phi) is 4.73. The van der Waals surface area contributed by atoms with Crippen LogP contribution in [0.1, 0.15) is 19.0 Å². The molecular formula is C13H22N6O. The minimum atomic E-state index is 0.339. The van der Waals surface area contributed by atoms with Crippen LogP contribution in [0.5, 0.6) is 0 Å². The van der Waals surface area contributed by atoms with Gasteiger partial charge >= 0.3 is 0 Å². The fourth-order valence-electron chi connectivity index (χ4n) is 2.06.